The lowest BCUT2D eigenvalue weighted by Gasteiger charge is -2.16. The van der Waals surface area contributed by atoms with Crippen LogP contribution in [-0.4, -0.2) is 31.5 Å². The van der Waals surface area contributed by atoms with Gasteiger partial charge in [-0.25, -0.2) is 0 Å². The maximum absolute atomic E-state index is 12.3. The zero-order valence-corrected chi connectivity index (χ0v) is 19.5. The first-order valence-electron chi connectivity index (χ1n) is 9.48. The second kappa shape index (κ2) is 12.2. The van der Waals surface area contributed by atoms with Gasteiger partial charge in [0.15, 0.2) is 0 Å². The normalized spacial score (nSPS) is 12.0. The minimum absolute atomic E-state index is 0.0453. The average molecular weight is 503 g/mol. The summed E-state index contributed by atoms with van der Waals surface area (Å²) >= 11 is 5.07. The number of alkyl halides is 2. The summed E-state index contributed by atoms with van der Waals surface area (Å²) in [7, 11) is 1.40. The van der Waals surface area contributed by atoms with Crippen molar-refractivity contribution in [1.82, 2.24) is 0 Å². The van der Waals surface area contributed by atoms with Crippen LogP contribution >= 0.6 is 27.7 Å². The van der Waals surface area contributed by atoms with Crippen LogP contribution in [-0.2, 0) is 16.0 Å². The minimum atomic E-state index is -2.86. The number of carbonyl (C=O) groups excluding carboxylic acids is 1. The van der Waals surface area contributed by atoms with Crippen molar-refractivity contribution in [2.45, 2.75) is 50.7 Å². The van der Waals surface area contributed by atoms with Crippen LogP contribution in [0.3, 0.4) is 0 Å². The largest absolute Gasteiger partial charge is 0.490 e. The fraction of sp³-hybridized carbons (Fsp3) is 0.409. The lowest BCUT2D eigenvalue weighted by atomic mass is 10.0. The molecule has 0 aliphatic heterocycles. The molecule has 0 heterocycles. The molecule has 1 atom stereocenters. The molecule has 2 aromatic rings. The topological polar surface area (TPSA) is 44.8 Å². The molecule has 0 bridgehead atoms. The summed E-state index contributed by atoms with van der Waals surface area (Å²) in [6.45, 7) is 1.16. The molecule has 2 rings (SSSR count). The Hall–Kier alpha value is -1.80. The number of thioether (sulfide) groups is 1. The van der Waals surface area contributed by atoms with E-state index in [0.717, 1.165) is 28.2 Å². The third kappa shape index (κ3) is 8.14. The number of hydrogen-bond donors (Lipinski definition) is 0. The molecule has 30 heavy (non-hydrogen) atoms. The molecule has 0 radical (unpaired) electrons. The van der Waals surface area contributed by atoms with Crippen LogP contribution in [0.4, 0.5) is 8.78 Å². The van der Waals surface area contributed by atoms with Crippen LogP contribution < -0.4 is 9.47 Å². The minimum Gasteiger partial charge on any atom is -0.490 e. The van der Waals surface area contributed by atoms with Crippen molar-refractivity contribution in [3.8, 4) is 11.5 Å². The van der Waals surface area contributed by atoms with E-state index in [1.807, 2.05) is 13.8 Å². The smallest absolute Gasteiger partial charge is 0.387 e. The Labute approximate surface area is 188 Å². The lowest BCUT2D eigenvalue weighted by molar-refractivity contribution is -0.140. The second-order valence-electron chi connectivity index (χ2n) is 6.70. The Bertz CT molecular complexity index is 848. The number of ether oxygens (including phenoxy) is 3. The van der Waals surface area contributed by atoms with Gasteiger partial charge in [-0.3, -0.25) is 4.79 Å². The van der Waals surface area contributed by atoms with Gasteiger partial charge in [-0.15, -0.1) is 11.8 Å². The molecule has 0 N–H and O–H groups in total. The van der Waals surface area contributed by atoms with Crippen LogP contribution in [0.5, 0.6) is 11.5 Å². The molecule has 0 saturated carbocycles. The van der Waals surface area contributed by atoms with Crippen LogP contribution in [0.15, 0.2) is 45.8 Å². The average Bonchev–Trinajstić information content (AvgIpc) is 2.68. The first kappa shape index (κ1) is 24.5. The quantitative estimate of drug-likeness (QED) is 0.262. The van der Waals surface area contributed by atoms with E-state index in [1.165, 1.54) is 19.2 Å². The van der Waals surface area contributed by atoms with Crippen molar-refractivity contribution in [1.29, 1.82) is 0 Å². The summed E-state index contributed by atoms with van der Waals surface area (Å²) in [5.41, 5.74) is 2.30. The van der Waals surface area contributed by atoms with E-state index in [2.05, 4.69) is 43.6 Å². The van der Waals surface area contributed by atoms with Crippen molar-refractivity contribution in [3.05, 3.63) is 52.0 Å². The molecule has 0 unspecified atom stereocenters. The highest BCUT2D eigenvalue weighted by Gasteiger charge is 2.11. The van der Waals surface area contributed by atoms with Gasteiger partial charge < -0.3 is 14.2 Å². The number of aryl methyl sites for hydroxylation is 2. The van der Waals surface area contributed by atoms with Crippen molar-refractivity contribution >= 4 is 33.7 Å². The highest BCUT2D eigenvalue weighted by Crippen LogP contribution is 2.31. The highest BCUT2D eigenvalue weighted by molar-refractivity contribution is 9.10. The van der Waals surface area contributed by atoms with Gasteiger partial charge in [-0.05, 0) is 84.1 Å². The molecule has 0 aliphatic carbocycles. The molecule has 0 fully saturated rings. The molecule has 0 aliphatic rings. The van der Waals surface area contributed by atoms with Crippen LogP contribution in [0.25, 0.3) is 0 Å². The van der Waals surface area contributed by atoms with E-state index in [4.69, 9.17) is 4.74 Å². The molecular formula is C22H25BrF2O4S. The molecule has 164 valence electrons. The molecule has 0 saturated heterocycles. The number of carbonyl (C=O) groups is 1. The lowest BCUT2D eigenvalue weighted by Crippen LogP contribution is -2.13. The predicted molar refractivity (Wildman–Crippen MR) is 118 cm³/mol. The fourth-order valence-electron chi connectivity index (χ4n) is 2.75. The SMILES string of the molecule is COC(=O)CCc1ccc(SCC[C@@H](C)Oc2ccc(OC(F)F)cc2Br)cc1C. The number of benzene rings is 2. The second-order valence-corrected chi connectivity index (χ2v) is 8.72. The number of halogens is 3. The molecule has 8 heteroatoms. The van der Waals surface area contributed by atoms with Gasteiger partial charge >= 0.3 is 12.6 Å². The van der Waals surface area contributed by atoms with Crippen molar-refractivity contribution in [2.24, 2.45) is 0 Å². The summed E-state index contributed by atoms with van der Waals surface area (Å²) in [6, 6.07) is 10.8. The predicted octanol–water partition coefficient (Wildman–Crippen LogP) is 6.41. The van der Waals surface area contributed by atoms with Gasteiger partial charge in [0.25, 0.3) is 0 Å². The van der Waals surface area contributed by atoms with Crippen molar-refractivity contribution < 1.29 is 27.8 Å². The monoisotopic (exact) mass is 502 g/mol. The van der Waals surface area contributed by atoms with Gasteiger partial charge in [-0.1, -0.05) is 6.07 Å². The van der Waals surface area contributed by atoms with E-state index >= 15 is 0 Å². The third-order valence-corrected chi connectivity index (χ3v) is 6.04. The Balaban J connectivity index is 1.81. The summed E-state index contributed by atoms with van der Waals surface area (Å²) in [5, 5.41) is 0. The number of esters is 1. The third-order valence-electron chi connectivity index (χ3n) is 4.39. The van der Waals surface area contributed by atoms with Crippen LogP contribution in [0, 0.1) is 6.92 Å². The number of methoxy groups -OCH3 is 1. The standard InChI is InChI=1S/C22H25BrF2O4S/c1-14-12-18(7-4-16(14)5-9-21(26)27-3)30-11-10-15(2)28-20-8-6-17(13-19(20)23)29-22(24)25/h4,6-8,12-13,15,22H,5,9-11H2,1-3H3/t15-/m1/s1. The highest BCUT2D eigenvalue weighted by atomic mass is 79.9. The van der Waals surface area contributed by atoms with E-state index in [1.54, 1.807) is 17.8 Å². The molecule has 0 aromatic heterocycles. The summed E-state index contributed by atoms with van der Waals surface area (Å²) < 4.78 is 40.1. The fourth-order valence-corrected chi connectivity index (χ4v) is 4.31. The van der Waals surface area contributed by atoms with Crippen LogP contribution in [0.2, 0.25) is 0 Å². The Kier molecular flexibility index (Phi) is 9.91. The number of hydrogen-bond acceptors (Lipinski definition) is 5. The Morgan fingerprint density at radius 3 is 2.57 bits per heavy atom. The molecule has 0 spiro atoms. The van der Waals surface area contributed by atoms with Crippen LogP contribution in [0.1, 0.15) is 30.9 Å². The zero-order chi connectivity index (χ0) is 22.1. The molecule has 2 aromatic carbocycles. The Morgan fingerprint density at radius 1 is 1.17 bits per heavy atom. The summed E-state index contributed by atoms with van der Waals surface area (Å²) in [4.78, 5) is 12.5. The number of rotatable bonds is 11. The van der Waals surface area contributed by atoms with E-state index < -0.39 is 6.61 Å². The van der Waals surface area contributed by atoms with Gasteiger partial charge in [0.05, 0.1) is 17.7 Å². The van der Waals surface area contributed by atoms with Gasteiger partial charge in [-0.2, -0.15) is 8.78 Å². The Morgan fingerprint density at radius 2 is 1.93 bits per heavy atom. The van der Waals surface area contributed by atoms with Gasteiger partial charge in [0, 0.05) is 17.1 Å². The maximum atomic E-state index is 12.3. The first-order chi connectivity index (χ1) is 14.3. The molecule has 0 amide bonds. The van der Waals surface area contributed by atoms with Crippen molar-refractivity contribution in [2.75, 3.05) is 12.9 Å². The summed E-state index contributed by atoms with van der Waals surface area (Å²) in [5.74, 6) is 1.33. The molecular weight excluding hydrogens is 478 g/mol. The van der Waals surface area contributed by atoms with E-state index in [9.17, 15) is 13.6 Å². The van der Waals surface area contributed by atoms with Crippen molar-refractivity contribution in [3.63, 3.8) is 0 Å². The van der Waals surface area contributed by atoms with E-state index in [0.29, 0.717) is 23.1 Å². The van der Waals surface area contributed by atoms with Gasteiger partial charge in [0.2, 0.25) is 0 Å². The summed E-state index contributed by atoms with van der Waals surface area (Å²) in [6.07, 6.45) is 1.82. The van der Waals surface area contributed by atoms with E-state index in [-0.39, 0.29) is 17.8 Å². The zero-order valence-electron chi connectivity index (χ0n) is 17.1. The first-order valence-corrected chi connectivity index (χ1v) is 11.3. The maximum Gasteiger partial charge on any atom is 0.387 e. The van der Waals surface area contributed by atoms with Gasteiger partial charge in [0.1, 0.15) is 11.5 Å². The molecule has 4 nitrogen and oxygen atoms in total.